The Balaban J connectivity index is 2.41. The zero-order valence-corrected chi connectivity index (χ0v) is 40.7. The number of nitrogens with zero attached hydrogens (tertiary/aromatic N) is 3. The second kappa shape index (κ2) is 40.5. The summed E-state index contributed by atoms with van der Waals surface area (Å²) in [5.74, 6) is -0.944. The number of carbonyl (C=O) groups is 3. The van der Waals surface area contributed by atoms with E-state index >= 15 is 0 Å². The van der Waals surface area contributed by atoms with E-state index in [2.05, 4.69) is 24.1 Å². The van der Waals surface area contributed by atoms with Gasteiger partial charge in [0.05, 0.1) is 13.2 Å². The molecule has 0 aliphatic rings. The van der Waals surface area contributed by atoms with Gasteiger partial charge in [-0.3, -0.25) is 19.1 Å². The van der Waals surface area contributed by atoms with E-state index in [1.54, 1.807) is 12.1 Å². The van der Waals surface area contributed by atoms with Crippen LogP contribution in [0.1, 0.15) is 219 Å². The molecule has 0 radical (unpaired) electrons. The smallest absolute Gasteiger partial charge is 0.385 e. The lowest BCUT2D eigenvalue weighted by atomic mass is 10.0. The Kier molecular flexibility index (Phi) is 37.2. The van der Waals surface area contributed by atoms with Gasteiger partial charge in [-0.1, -0.05) is 194 Å². The number of nitrogens with one attached hydrogen (secondary N) is 1. The molecule has 0 bridgehead atoms. The molecule has 14 heteroatoms. The first kappa shape index (κ1) is 58.0. The summed E-state index contributed by atoms with van der Waals surface area (Å²) < 4.78 is 33.5. The predicted octanol–water partition coefficient (Wildman–Crippen LogP) is 13.8. The second-order valence-electron chi connectivity index (χ2n) is 17.2. The highest BCUT2D eigenvalue weighted by Crippen LogP contribution is 2.38. The molecule has 362 valence electrons. The van der Waals surface area contributed by atoms with Crippen molar-refractivity contribution < 1.29 is 42.4 Å². The maximum Gasteiger partial charge on any atom is 0.385 e. The summed E-state index contributed by atoms with van der Waals surface area (Å²) in [6.45, 7) is 3.04. The number of phosphoric ester groups is 1. The first-order valence-electron chi connectivity index (χ1n) is 25.0. The van der Waals surface area contributed by atoms with Crippen molar-refractivity contribution in [2.24, 2.45) is 0 Å². The van der Waals surface area contributed by atoms with Crippen molar-refractivity contribution in [1.82, 2.24) is 5.32 Å². The minimum atomic E-state index is -4.87. The number of benzene rings is 1. The average Bonchev–Trinajstić information content (AvgIpc) is 3.28. The van der Waals surface area contributed by atoms with Crippen LogP contribution in [0.5, 0.6) is 0 Å². The number of hydrogen-bond donors (Lipinski definition) is 1. The van der Waals surface area contributed by atoms with E-state index in [0.29, 0.717) is 24.2 Å². The number of esters is 2. The number of anilines is 1. The third-order valence-corrected chi connectivity index (χ3v) is 12.4. The van der Waals surface area contributed by atoms with Gasteiger partial charge in [0.2, 0.25) is 5.39 Å². The van der Waals surface area contributed by atoms with Crippen molar-refractivity contribution in [3.05, 3.63) is 29.2 Å². The highest BCUT2D eigenvalue weighted by Gasteiger charge is 2.21. The van der Waals surface area contributed by atoms with Gasteiger partial charge in [0, 0.05) is 44.3 Å². The van der Waals surface area contributed by atoms with E-state index in [4.69, 9.17) is 23.9 Å². The minimum Gasteiger partial charge on any atom is -0.756 e. The molecule has 0 aliphatic heterocycles. The van der Waals surface area contributed by atoms with Gasteiger partial charge in [-0.2, -0.15) is 0 Å². The lowest BCUT2D eigenvalue weighted by Crippen LogP contribution is -2.39. The molecule has 0 spiro atoms. The van der Waals surface area contributed by atoms with Crippen LogP contribution < -0.4 is 15.1 Å². The molecule has 1 rings (SSSR count). The van der Waals surface area contributed by atoms with Crippen LogP contribution in [0.4, 0.5) is 16.2 Å². The van der Waals surface area contributed by atoms with Crippen molar-refractivity contribution in [3.63, 3.8) is 0 Å². The molecule has 1 aromatic rings. The molecule has 63 heavy (non-hydrogen) atoms. The number of ether oxygens (including phenoxy) is 2. The Morgan fingerprint density at radius 3 is 1.43 bits per heavy atom. The Morgan fingerprint density at radius 2 is 1.02 bits per heavy atom. The highest BCUT2D eigenvalue weighted by molar-refractivity contribution is 7.45. The van der Waals surface area contributed by atoms with E-state index in [1.165, 1.54) is 165 Å². The SMILES string of the molecule is CCCCCCCCCCCCCCCCCC(=O)OC[C@H](COP(=O)([O-])OCCNC(=O)N(C)c1ccc([N+]#N)cc1)OC(=O)CCCCCCCCCCCCCCCCC. The number of unbranched alkanes of at least 4 members (excludes halogenated alkanes) is 28. The Labute approximate surface area is 382 Å². The topological polar surface area (TPSA) is 172 Å². The van der Waals surface area contributed by atoms with Gasteiger partial charge >= 0.3 is 23.7 Å². The summed E-state index contributed by atoms with van der Waals surface area (Å²) in [6.07, 6.45) is 35.8. The Bertz CT molecular complexity index is 1380. The lowest BCUT2D eigenvalue weighted by molar-refractivity contribution is -0.228. The zero-order chi connectivity index (χ0) is 46.1. The summed E-state index contributed by atoms with van der Waals surface area (Å²) in [5.41, 5.74) is 0.854. The molecule has 13 nitrogen and oxygen atoms in total. The van der Waals surface area contributed by atoms with E-state index in [9.17, 15) is 23.8 Å². The fraction of sp³-hybridized carbons (Fsp3) is 0.816. The van der Waals surface area contributed by atoms with Crippen molar-refractivity contribution in [2.45, 2.75) is 225 Å². The van der Waals surface area contributed by atoms with Crippen LogP contribution in [0.15, 0.2) is 24.3 Å². The number of urea groups is 1. The van der Waals surface area contributed by atoms with Crippen LogP contribution in [0.25, 0.3) is 4.98 Å². The molecule has 0 aromatic heterocycles. The van der Waals surface area contributed by atoms with Gasteiger partial charge in [-0.25, -0.2) is 4.79 Å². The number of amides is 2. The van der Waals surface area contributed by atoms with Crippen molar-refractivity contribution in [1.29, 1.82) is 5.39 Å². The molecule has 2 atom stereocenters. The summed E-state index contributed by atoms with van der Waals surface area (Å²) in [6, 6.07) is 5.73. The first-order valence-corrected chi connectivity index (χ1v) is 26.5. The Hall–Kier alpha value is -3.04. The summed E-state index contributed by atoms with van der Waals surface area (Å²) >= 11 is 0. The van der Waals surface area contributed by atoms with E-state index in [-0.39, 0.29) is 26.0 Å². The molecule has 0 saturated carbocycles. The van der Waals surface area contributed by atoms with Crippen LogP contribution in [0.3, 0.4) is 0 Å². The molecular formula is C49H87N4O9P. The van der Waals surface area contributed by atoms with Crippen LogP contribution >= 0.6 is 7.82 Å². The van der Waals surface area contributed by atoms with E-state index in [0.717, 1.165) is 38.5 Å². The highest BCUT2D eigenvalue weighted by atomic mass is 31.2. The van der Waals surface area contributed by atoms with Crippen LogP contribution in [-0.2, 0) is 32.7 Å². The maximum atomic E-state index is 12.8. The predicted molar refractivity (Wildman–Crippen MR) is 252 cm³/mol. The third kappa shape index (κ3) is 35.0. The summed E-state index contributed by atoms with van der Waals surface area (Å²) in [4.78, 5) is 54.9. The lowest BCUT2D eigenvalue weighted by Gasteiger charge is -2.26. The fourth-order valence-electron chi connectivity index (χ4n) is 7.41. The summed E-state index contributed by atoms with van der Waals surface area (Å²) in [7, 11) is -3.34. The molecule has 0 aliphatic carbocycles. The Morgan fingerprint density at radius 1 is 0.619 bits per heavy atom. The van der Waals surface area contributed by atoms with Crippen molar-refractivity contribution in [3.8, 4) is 0 Å². The molecular weight excluding hydrogens is 820 g/mol. The van der Waals surface area contributed by atoms with Gasteiger partial charge in [-0.05, 0) is 25.0 Å². The standard InChI is InChI=1S/C49H87N4O9P/c1-4-6-8-10-12-14-16-18-20-22-24-26-28-30-32-34-47(54)59-42-46(62-48(55)35-33-31-29-27-25-23-21-19-17-15-13-11-9-7-5-2)43-61-63(57,58)60-41-40-51-49(56)53(3)45-38-36-44(52-50)37-39-45/h36-39,46H,4-35,40-43H2,1-3H3,(H-,51,56,57,58)/t46-/m1/s1. The largest absolute Gasteiger partial charge is 0.756 e. The van der Waals surface area contributed by atoms with Gasteiger partial charge in [0.15, 0.2) is 11.1 Å². The molecule has 1 aromatic carbocycles. The summed E-state index contributed by atoms with van der Waals surface area (Å²) in [5, 5.41) is 11.4. The molecule has 0 fully saturated rings. The van der Waals surface area contributed by atoms with Crippen molar-refractivity contribution >= 4 is 37.2 Å². The van der Waals surface area contributed by atoms with Crippen molar-refractivity contribution in [2.75, 3.05) is 38.3 Å². The molecule has 0 heterocycles. The van der Waals surface area contributed by atoms with Gasteiger partial charge in [0.25, 0.3) is 7.82 Å². The molecule has 1 unspecified atom stereocenters. The van der Waals surface area contributed by atoms with E-state index in [1.807, 2.05) is 0 Å². The van der Waals surface area contributed by atoms with Crippen LogP contribution in [-0.4, -0.2) is 57.5 Å². The molecule has 2 amide bonds. The first-order chi connectivity index (χ1) is 30.6. The van der Waals surface area contributed by atoms with Gasteiger partial charge in [-0.15, -0.1) is 0 Å². The number of diazo groups is 1. The molecule has 1 N–H and O–H groups in total. The van der Waals surface area contributed by atoms with Crippen LogP contribution in [0, 0.1) is 5.39 Å². The fourth-order valence-corrected chi connectivity index (χ4v) is 8.14. The number of rotatable bonds is 43. The van der Waals surface area contributed by atoms with E-state index < -0.39 is 45.1 Å². The molecule has 0 saturated heterocycles. The number of hydrogen-bond acceptors (Lipinski definition) is 10. The zero-order valence-electron chi connectivity index (χ0n) is 39.8. The quantitative estimate of drug-likeness (QED) is 0.0288. The van der Waals surface area contributed by atoms with Gasteiger partial charge in [0.1, 0.15) is 6.61 Å². The third-order valence-electron chi connectivity index (χ3n) is 11.4. The maximum absolute atomic E-state index is 12.8. The van der Waals surface area contributed by atoms with Crippen LogP contribution in [0.2, 0.25) is 0 Å². The van der Waals surface area contributed by atoms with Gasteiger partial charge < -0.3 is 28.7 Å². The second-order valence-corrected chi connectivity index (χ2v) is 18.6. The number of phosphoric acid groups is 1. The minimum absolute atomic E-state index is 0.141. The average molecular weight is 907 g/mol. The number of carbonyl (C=O) groups excluding carboxylic acids is 3. The normalized spacial score (nSPS) is 12.6. The monoisotopic (exact) mass is 907 g/mol.